The second-order valence-corrected chi connectivity index (χ2v) is 5.95. The summed E-state index contributed by atoms with van der Waals surface area (Å²) in [7, 11) is 0. The normalized spacial score (nSPS) is 19.6. The lowest BCUT2D eigenvalue weighted by Crippen LogP contribution is -2.45. The van der Waals surface area contributed by atoms with E-state index in [0.717, 1.165) is 18.4 Å². The van der Waals surface area contributed by atoms with Crippen molar-refractivity contribution < 1.29 is 9.59 Å². The van der Waals surface area contributed by atoms with Gasteiger partial charge < -0.3 is 16.4 Å². The van der Waals surface area contributed by atoms with Crippen molar-refractivity contribution in [3.05, 3.63) is 33.8 Å². The van der Waals surface area contributed by atoms with Gasteiger partial charge in [0.25, 0.3) is 0 Å². The van der Waals surface area contributed by atoms with Crippen LogP contribution in [0, 0.1) is 0 Å². The van der Waals surface area contributed by atoms with Gasteiger partial charge >= 0.3 is 0 Å². The molecule has 1 saturated heterocycles. The maximum Gasteiger partial charge on any atom is 0.240 e. The Morgan fingerprint density at radius 2 is 2.05 bits per heavy atom. The molecule has 2 unspecified atom stereocenters. The number of halogens is 2. The fraction of sp³-hybridized carbons (Fsp3) is 0.429. The molecule has 1 fully saturated rings. The number of amides is 2. The molecule has 4 N–H and O–H groups in total. The smallest absolute Gasteiger partial charge is 0.240 e. The lowest BCUT2D eigenvalue weighted by atomic mass is 10.0. The molecular formula is C14H17Cl2N3O2. The topological polar surface area (TPSA) is 89.4 Å². The molecule has 1 heterocycles. The Kier molecular flexibility index (Phi) is 5.08. The highest BCUT2D eigenvalue weighted by atomic mass is 35.5. The molecule has 114 valence electrons. The van der Waals surface area contributed by atoms with E-state index < -0.39 is 11.9 Å². The minimum Gasteiger partial charge on any atom is -0.370 e. The van der Waals surface area contributed by atoms with E-state index in [1.807, 2.05) is 6.07 Å². The van der Waals surface area contributed by atoms with Crippen LogP contribution in [0.25, 0.3) is 0 Å². The lowest BCUT2D eigenvalue weighted by Gasteiger charge is -2.27. The minimum absolute atomic E-state index is 0.0915. The number of nitrogens with two attached hydrogens (primary N) is 2. The summed E-state index contributed by atoms with van der Waals surface area (Å²) in [5.74, 6) is -0.844. The number of hydrogen-bond acceptors (Lipinski definition) is 3. The van der Waals surface area contributed by atoms with Gasteiger partial charge in [0.05, 0.1) is 28.5 Å². The fourth-order valence-electron chi connectivity index (χ4n) is 2.61. The van der Waals surface area contributed by atoms with Gasteiger partial charge in [0, 0.05) is 6.54 Å². The van der Waals surface area contributed by atoms with E-state index in [1.54, 1.807) is 17.0 Å². The SMILES string of the molecule is NC(=O)CC(N)C(=O)N1CCCC1c1ccc(Cl)c(Cl)c1. The van der Waals surface area contributed by atoms with Crippen molar-refractivity contribution in [2.75, 3.05) is 6.54 Å². The van der Waals surface area contributed by atoms with Crippen molar-refractivity contribution in [1.82, 2.24) is 4.90 Å². The zero-order valence-electron chi connectivity index (χ0n) is 11.4. The third-order valence-corrected chi connectivity index (χ3v) is 4.34. The largest absolute Gasteiger partial charge is 0.370 e. The average molecular weight is 330 g/mol. The van der Waals surface area contributed by atoms with Gasteiger partial charge in [0.1, 0.15) is 0 Å². The quantitative estimate of drug-likeness (QED) is 0.883. The molecule has 2 atom stereocenters. The first-order chi connectivity index (χ1) is 9.90. The molecule has 1 aliphatic rings. The number of hydrogen-bond donors (Lipinski definition) is 2. The maximum atomic E-state index is 12.4. The molecule has 5 nitrogen and oxygen atoms in total. The van der Waals surface area contributed by atoms with Crippen LogP contribution in [0.4, 0.5) is 0 Å². The first kappa shape index (κ1) is 16.1. The van der Waals surface area contributed by atoms with Crippen molar-refractivity contribution >= 4 is 35.0 Å². The van der Waals surface area contributed by atoms with Gasteiger partial charge in [-0.15, -0.1) is 0 Å². The van der Waals surface area contributed by atoms with Crippen LogP contribution in [0.1, 0.15) is 30.9 Å². The number of primary amides is 1. The summed E-state index contributed by atoms with van der Waals surface area (Å²) in [6.07, 6.45) is 1.55. The highest BCUT2D eigenvalue weighted by Gasteiger charge is 2.33. The predicted molar refractivity (Wildman–Crippen MR) is 81.9 cm³/mol. The van der Waals surface area contributed by atoms with Gasteiger partial charge in [0.2, 0.25) is 11.8 Å². The number of carbonyl (C=O) groups is 2. The van der Waals surface area contributed by atoms with E-state index >= 15 is 0 Å². The van der Waals surface area contributed by atoms with Crippen LogP contribution < -0.4 is 11.5 Å². The molecule has 2 amide bonds. The minimum atomic E-state index is -0.897. The van der Waals surface area contributed by atoms with Gasteiger partial charge in [-0.3, -0.25) is 9.59 Å². The summed E-state index contributed by atoms with van der Waals surface area (Å²) in [6, 6.07) is 4.34. The van der Waals surface area contributed by atoms with E-state index in [4.69, 9.17) is 34.7 Å². The van der Waals surface area contributed by atoms with Crippen molar-refractivity contribution in [2.24, 2.45) is 11.5 Å². The third kappa shape index (κ3) is 3.67. The van der Waals surface area contributed by atoms with Crippen LogP contribution in [0.15, 0.2) is 18.2 Å². The first-order valence-electron chi connectivity index (χ1n) is 6.69. The molecule has 0 bridgehead atoms. The zero-order valence-corrected chi connectivity index (χ0v) is 12.9. The van der Waals surface area contributed by atoms with E-state index in [-0.39, 0.29) is 18.4 Å². The highest BCUT2D eigenvalue weighted by molar-refractivity contribution is 6.42. The Morgan fingerprint density at radius 3 is 2.67 bits per heavy atom. The molecule has 0 radical (unpaired) electrons. The summed E-state index contributed by atoms with van der Waals surface area (Å²) in [4.78, 5) is 24.9. The molecule has 1 aromatic carbocycles. The first-order valence-corrected chi connectivity index (χ1v) is 7.45. The second-order valence-electron chi connectivity index (χ2n) is 5.14. The summed E-state index contributed by atoms with van der Waals surface area (Å²) in [6.45, 7) is 0.607. The molecule has 1 aliphatic heterocycles. The molecule has 2 rings (SSSR count). The van der Waals surface area contributed by atoms with Gasteiger partial charge in [-0.05, 0) is 30.5 Å². The highest BCUT2D eigenvalue weighted by Crippen LogP contribution is 2.35. The third-order valence-electron chi connectivity index (χ3n) is 3.60. The number of carbonyl (C=O) groups excluding carboxylic acids is 2. The van der Waals surface area contributed by atoms with Gasteiger partial charge in [-0.2, -0.15) is 0 Å². The van der Waals surface area contributed by atoms with Crippen LogP contribution in [-0.2, 0) is 9.59 Å². The number of rotatable bonds is 4. The van der Waals surface area contributed by atoms with Crippen LogP contribution in [0.2, 0.25) is 10.0 Å². The molecular weight excluding hydrogens is 313 g/mol. The van der Waals surface area contributed by atoms with Crippen LogP contribution in [-0.4, -0.2) is 29.3 Å². The van der Waals surface area contributed by atoms with Crippen molar-refractivity contribution in [1.29, 1.82) is 0 Å². The Hall–Kier alpha value is -1.30. The lowest BCUT2D eigenvalue weighted by molar-refractivity contribution is -0.135. The summed E-state index contributed by atoms with van der Waals surface area (Å²) >= 11 is 11.9. The molecule has 0 aromatic heterocycles. The molecule has 21 heavy (non-hydrogen) atoms. The number of nitrogens with zero attached hydrogens (tertiary/aromatic N) is 1. The zero-order chi connectivity index (χ0) is 15.6. The summed E-state index contributed by atoms with van der Waals surface area (Å²) in [5.41, 5.74) is 11.8. The van der Waals surface area contributed by atoms with Crippen molar-refractivity contribution in [2.45, 2.75) is 31.3 Å². The number of likely N-dealkylation sites (tertiary alicyclic amines) is 1. The fourth-order valence-corrected chi connectivity index (χ4v) is 2.92. The molecule has 0 aliphatic carbocycles. The van der Waals surface area contributed by atoms with E-state index in [0.29, 0.717) is 16.6 Å². The molecule has 0 spiro atoms. The van der Waals surface area contributed by atoms with Crippen LogP contribution >= 0.6 is 23.2 Å². The molecule has 7 heteroatoms. The second kappa shape index (κ2) is 6.64. The standard InChI is InChI=1S/C14H17Cl2N3O2/c15-9-4-3-8(6-10(9)16)12-2-1-5-19(12)14(21)11(17)7-13(18)20/h3-4,6,11-12H,1-2,5,7,17H2,(H2,18,20). The molecule has 1 aromatic rings. The van der Waals surface area contributed by atoms with Crippen molar-refractivity contribution in [3.8, 4) is 0 Å². The summed E-state index contributed by atoms with van der Waals surface area (Å²) < 4.78 is 0. The maximum absolute atomic E-state index is 12.4. The van der Waals surface area contributed by atoms with E-state index in [2.05, 4.69) is 0 Å². The number of benzene rings is 1. The van der Waals surface area contributed by atoms with Gasteiger partial charge in [-0.1, -0.05) is 29.3 Å². The summed E-state index contributed by atoms with van der Waals surface area (Å²) in [5, 5.41) is 0.927. The van der Waals surface area contributed by atoms with E-state index in [9.17, 15) is 9.59 Å². The average Bonchev–Trinajstić information content (AvgIpc) is 2.89. The monoisotopic (exact) mass is 329 g/mol. The van der Waals surface area contributed by atoms with Gasteiger partial charge in [-0.25, -0.2) is 0 Å². The van der Waals surface area contributed by atoms with Crippen LogP contribution in [0.3, 0.4) is 0 Å². The van der Waals surface area contributed by atoms with Gasteiger partial charge in [0.15, 0.2) is 0 Å². The Labute approximate surface area is 133 Å². The Bertz CT molecular complexity index is 565. The Balaban J connectivity index is 2.18. The van der Waals surface area contributed by atoms with E-state index in [1.165, 1.54) is 0 Å². The van der Waals surface area contributed by atoms with Crippen LogP contribution in [0.5, 0.6) is 0 Å². The molecule has 0 saturated carbocycles. The predicted octanol–water partition coefficient (Wildman–Crippen LogP) is 1.86. The Morgan fingerprint density at radius 1 is 1.33 bits per heavy atom. The van der Waals surface area contributed by atoms with Crippen molar-refractivity contribution in [3.63, 3.8) is 0 Å².